The SMILES string of the molecule is CN(c1nn[nH]n1)C(C)(C(=O)N1CCCC1)c1ccc2c(c1)=NC(C)(CNc1ccc(C(=N)N)cc1)N=2.Cl.Cl. The van der Waals surface area contributed by atoms with Crippen LogP contribution in [0.25, 0.3) is 0 Å². The van der Waals surface area contributed by atoms with Gasteiger partial charge in [0.2, 0.25) is 0 Å². The summed E-state index contributed by atoms with van der Waals surface area (Å²) in [5.74, 6) is 0.360. The third kappa shape index (κ3) is 5.66. The smallest absolute Gasteiger partial charge is 0.266 e. The molecule has 208 valence electrons. The number of amides is 1. The van der Waals surface area contributed by atoms with Crippen molar-refractivity contribution in [1.29, 1.82) is 5.41 Å². The summed E-state index contributed by atoms with van der Waals surface area (Å²) in [4.78, 5) is 27.3. The van der Waals surface area contributed by atoms with Crippen LogP contribution in [0.1, 0.15) is 37.8 Å². The van der Waals surface area contributed by atoms with Crippen molar-refractivity contribution in [3.05, 3.63) is 64.3 Å². The molecule has 0 saturated carbocycles. The molecule has 0 aliphatic carbocycles. The molecule has 5 N–H and O–H groups in total. The van der Waals surface area contributed by atoms with Gasteiger partial charge in [0.1, 0.15) is 11.4 Å². The molecule has 2 aromatic carbocycles. The number of fused-ring (bicyclic) bond motifs is 1. The average Bonchev–Trinajstić information content (AvgIpc) is 3.67. The van der Waals surface area contributed by atoms with Crippen LogP contribution < -0.4 is 26.7 Å². The highest BCUT2D eigenvalue weighted by atomic mass is 35.5. The molecule has 5 rings (SSSR count). The number of aromatic nitrogens is 4. The van der Waals surface area contributed by atoms with E-state index in [9.17, 15) is 4.79 Å². The summed E-state index contributed by atoms with van der Waals surface area (Å²) >= 11 is 0. The Morgan fingerprint density at radius 1 is 1.15 bits per heavy atom. The Balaban J connectivity index is 0.00000210. The van der Waals surface area contributed by atoms with Crippen LogP contribution in [0.3, 0.4) is 0 Å². The zero-order valence-electron chi connectivity index (χ0n) is 22.0. The standard InChI is InChI=1S/C25H31N11O.2ClH/c1-24(15-28-18-9-6-16(7-10-18)21(26)27)29-19-11-8-17(14-20(19)30-24)25(2,22(37)36-12-4-5-13-36)35(3)23-31-33-34-32-23;;/h6-11,14,28H,4-5,12-13,15H2,1-3H3,(H3,26,27)(H,31,32,33,34);2*1H. The molecule has 1 saturated heterocycles. The highest BCUT2D eigenvalue weighted by Crippen LogP contribution is 2.32. The molecule has 39 heavy (non-hydrogen) atoms. The first kappa shape index (κ1) is 29.8. The topological polar surface area (TPSA) is 165 Å². The number of carbonyl (C=O) groups is 1. The molecule has 3 heterocycles. The van der Waals surface area contributed by atoms with Gasteiger partial charge in [-0.3, -0.25) is 20.2 Å². The summed E-state index contributed by atoms with van der Waals surface area (Å²) in [6, 6.07) is 13.1. The Morgan fingerprint density at radius 3 is 2.44 bits per heavy atom. The second kappa shape index (κ2) is 11.5. The van der Waals surface area contributed by atoms with Gasteiger partial charge in [-0.15, -0.1) is 29.9 Å². The number of anilines is 2. The summed E-state index contributed by atoms with van der Waals surface area (Å²) in [6.07, 6.45) is 1.99. The molecule has 12 nitrogen and oxygen atoms in total. The third-order valence-electron chi connectivity index (χ3n) is 7.20. The van der Waals surface area contributed by atoms with Gasteiger partial charge in [0.05, 0.1) is 17.3 Å². The van der Waals surface area contributed by atoms with E-state index in [0.717, 1.165) is 47.9 Å². The monoisotopic (exact) mass is 573 g/mol. The maximum atomic E-state index is 13.9. The average molecular weight is 575 g/mol. The minimum atomic E-state index is -1.06. The maximum absolute atomic E-state index is 13.9. The summed E-state index contributed by atoms with van der Waals surface area (Å²) in [6.45, 7) is 5.79. The Bertz CT molecular complexity index is 1440. The van der Waals surface area contributed by atoms with E-state index >= 15 is 0 Å². The number of nitrogens with one attached hydrogen (secondary N) is 3. The molecule has 3 aromatic rings. The lowest BCUT2D eigenvalue weighted by atomic mass is 9.88. The van der Waals surface area contributed by atoms with Crippen molar-refractivity contribution in [3.63, 3.8) is 0 Å². The van der Waals surface area contributed by atoms with Gasteiger partial charge in [0.25, 0.3) is 11.9 Å². The van der Waals surface area contributed by atoms with Gasteiger partial charge < -0.3 is 20.9 Å². The van der Waals surface area contributed by atoms with E-state index < -0.39 is 11.2 Å². The van der Waals surface area contributed by atoms with Gasteiger partial charge >= 0.3 is 0 Å². The number of halogens is 2. The maximum Gasteiger partial charge on any atom is 0.266 e. The quantitative estimate of drug-likeness (QED) is 0.233. The van der Waals surface area contributed by atoms with Gasteiger partial charge in [-0.05, 0) is 73.9 Å². The zero-order chi connectivity index (χ0) is 26.2. The van der Waals surface area contributed by atoms with E-state index in [-0.39, 0.29) is 36.6 Å². The first-order valence-corrected chi connectivity index (χ1v) is 12.2. The number of likely N-dealkylation sites (N-methyl/N-ethyl adjacent to an activating group) is 1. The zero-order valence-corrected chi connectivity index (χ0v) is 23.6. The van der Waals surface area contributed by atoms with Crippen LogP contribution in [0.5, 0.6) is 0 Å². The molecule has 1 aromatic heterocycles. The minimum absolute atomic E-state index is 0. The van der Waals surface area contributed by atoms with Crippen LogP contribution in [0, 0.1) is 5.41 Å². The number of hydrogen-bond donors (Lipinski definition) is 4. The predicted octanol–water partition coefficient (Wildman–Crippen LogP) is 1.38. The van der Waals surface area contributed by atoms with Gasteiger partial charge in [-0.1, -0.05) is 11.2 Å². The number of amidine groups is 1. The summed E-state index contributed by atoms with van der Waals surface area (Å²) in [5, 5.41) is 26.8. The summed E-state index contributed by atoms with van der Waals surface area (Å²) in [5.41, 5.74) is 6.11. The van der Waals surface area contributed by atoms with Crippen LogP contribution in [0.15, 0.2) is 52.4 Å². The van der Waals surface area contributed by atoms with Crippen molar-refractivity contribution < 1.29 is 4.79 Å². The van der Waals surface area contributed by atoms with Crippen molar-refractivity contribution in [1.82, 2.24) is 25.5 Å². The number of aromatic amines is 1. The lowest BCUT2D eigenvalue weighted by molar-refractivity contribution is -0.135. The predicted molar refractivity (Wildman–Crippen MR) is 153 cm³/mol. The summed E-state index contributed by atoms with van der Waals surface area (Å²) in [7, 11) is 1.80. The fourth-order valence-corrected chi connectivity index (χ4v) is 4.86. The number of H-pyrrole nitrogens is 1. The Hall–Kier alpha value is -3.77. The van der Waals surface area contributed by atoms with Crippen molar-refractivity contribution in [2.75, 3.05) is 36.9 Å². The number of carbonyl (C=O) groups excluding carboxylic acids is 1. The number of nitrogens with zero attached hydrogens (tertiary/aromatic N) is 7. The van der Waals surface area contributed by atoms with Gasteiger partial charge in [0, 0.05) is 31.4 Å². The number of nitrogens with two attached hydrogens (primary N) is 1. The van der Waals surface area contributed by atoms with Gasteiger partial charge in [-0.25, -0.2) is 0 Å². The molecule has 2 aliphatic heterocycles. The Labute approximate surface area is 238 Å². The highest BCUT2D eigenvalue weighted by Gasteiger charge is 2.44. The largest absolute Gasteiger partial charge is 0.384 e. The van der Waals surface area contributed by atoms with E-state index in [1.807, 2.05) is 49.1 Å². The first-order valence-electron chi connectivity index (χ1n) is 12.2. The number of rotatable bonds is 8. The molecule has 2 aliphatic rings. The second-order valence-electron chi connectivity index (χ2n) is 9.83. The van der Waals surface area contributed by atoms with Gasteiger partial charge in [0.15, 0.2) is 5.66 Å². The highest BCUT2D eigenvalue weighted by molar-refractivity contribution is 5.95. The molecular weight excluding hydrogens is 541 g/mol. The third-order valence-corrected chi connectivity index (χ3v) is 7.20. The van der Waals surface area contributed by atoms with E-state index in [2.05, 4.69) is 25.9 Å². The minimum Gasteiger partial charge on any atom is -0.384 e. The molecule has 0 bridgehead atoms. The molecule has 0 radical (unpaired) electrons. The molecule has 14 heteroatoms. The number of tetrazole rings is 1. The lowest BCUT2D eigenvalue weighted by Gasteiger charge is -2.39. The van der Waals surface area contributed by atoms with Crippen LogP contribution in [0.4, 0.5) is 11.6 Å². The van der Waals surface area contributed by atoms with Crippen molar-refractivity contribution >= 4 is 48.2 Å². The number of benzene rings is 2. The second-order valence-corrected chi connectivity index (χ2v) is 9.83. The number of nitrogen functional groups attached to an aromatic ring is 1. The van der Waals surface area contributed by atoms with E-state index in [4.69, 9.17) is 21.1 Å². The molecule has 2 atom stereocenters. The molecule has 2 unspecified atom stereocenters. The number of likely N-dealkylation sites (tertiary alicyclic amines) is 1. The van der Waals surface area contributed by atoms with E-state index in [0.29, 0.717) is 18.1 Å². The first-order chi connectivity index (χ1) is 17.7. The molecule has 1 amide bonds. The van der Waals surface area contributed by atoms with Crippen LogP contribution in [0.2, 0.25) is 0 Å². The Morgan fingerprint density at radius 2 is 1.82 bits per heavy atom. The van der Waals surface area contributed by atoms with E-state index in [1.54, 1.807) is 24.1 Å². The normalized spacial score (nSPS) is 18.9. The van der Waals surface area contributed by atoms with Crippen molar-refractivity contribution in [2.45, 2.75) is 37.9 Å². The fourth-order valence-electron chi connectivity index (χ4n) is 4.86. The van der Waals surface area contributed by atoms with Crippen molar-refractivity contribution in [3.8, 4) is 0 Å². The van der Waals surface area contributed by atoms with Crippen LogP contribution >= 0.6 is 24.8 Å². The molecule has 1 fully saturated rings. The molecule has 0 spiro atoms. The Kier molecular flexibility index (Phi) is 8.81. The molecular formula is C25H33Cl2N11O. The van der Waals surface area contributed by atoms with E-state index in [1.165, 1.54) is 0 Å². The fraction of sp³-hybridized carbons (Fsp3) is 0.400. The van der Waals surface area contributed by atoms with Gasteiger partial charge in [-0.2, -0.15) is 5.21 Å². The van der Waals surface area contributed by atoms with Crippen LogP contribution in [-0.4, -0.2) is 69.6 Å². The van der Waals surface area contributed by atoms with Crippen LogP contribution in [-0.2, 0) is 10.3 Å². The summed E-state index contributed by atoms with van der Waals surface area (Å²) < 4.78 is 0. The lowest BCUT2D eigenvalue weighted by Crippen LogP contribution is -2.55. The van der Waals surface area contributed by atoms with Crippen molar-refractivity contribution in [2.24, 2.45) is 15.7 Å². The number of hydrogen-bond acceptors (Lipinski definition) is 9.